The lowest BCUT2D eigenvalue weighted by molar-refractivity contribution is 0.203. The first-order valence-electron chi connectivity index (χ1n) is 8.82. The predicted octanol–water partition coefficient (Wildman–Crippen LogP) is 3.12. The fourth-order valence-electron chi connectivity index (χ4n) is 3.94. The number of halogens is 1. The molecule has 0 amide bonds. The predicted molar refractivity (Wildman–Crippen MR) is 105 cm³/mol. The Hall–Kier alpha value is -0.790. The third kappa shape index (κ3) is 4.84. The van der Waals surface area contributed by atoms with Crippen LogP contribution in [0.5, 0.6) is 0 Å². The third-order valence-electron chi connectivity index (χ3n) is 5.14. The highest BCUT2D eigenvalue weighted by molar-refractivity contribution is 14.0. The molecular weight excluding hydrogens is 401 g/mol. The van der Waals surface area contributed by atoms with E-state index >= 15 is 0 Å². The topological polar surface area (TPSA) is 45.5 Å². The van der Waals surface area contributed by atoms with Gasteiger partial charge < -0.3 is 10.2 Å². The van der Waals surface area contributed by atoms with Crippen molar-refractivity contribution in [2.24, 2.45) is 10.4 Å². The van der Waals surface area contributed by atoms with Crippen LogP contribution in [0.15, 0.2) is 23.5 Å². The molecule has 5 nitrogen and oxygen atoms in total. The maximum atomic E-state index is 4.82. The summed E-state index contributed by atoms with van der Waals surface area (Å²) in [6.45, 7) is 7.07. The van der Waals surface area contributed by atoms with Gasteiger partial charge in [-0.1, -0.05) is 19.3 Å². The molecule has 2 heterocycles. The second-order valence-corrected chi connectivity index (χ2v) is 6.74. The lowest BCUT2D eigenvalue weighted by Crippen LogP contribution is -2.41. The van der Waals surface area contributed by atoms with Crippen molar-refractivity contribution in [2.75, 3.05) is 26.2 Å². The van der Waals surface area contributed by atoms with Crippen LogP contribution >= 0.6 is 24.0 Å². The van der Waals surface area contributed by atoms with Gasteiger partial charge in [-0.25, -0.2) is 0 Å². The fourth-order valence-corrected chi connectivity index (χ4v) is 3.94. The van der Waals surface area contributed by atoms with Crippen LogP contribution in [0.2, 0.25) is 0 Å². The van der Waals surface area contributed by atoms with Crippen LogP contribution < -0.4 is 5.32 Å². The van der Waals surface area contributed by atoms with E-state index < -0.39 is 0 Å². The molecule has 130 valence electrons. The Bertz CT molecular complexity index is 479. The van der Waals surface area contributed by atoms with Gasteiger partial charge in [-0.3, -0.25) is 9.67 Å². The molecule has 0 radical (unpaired) electrons. The molecule has 2 fully saturated rings. The van der Waals surface area contributed by atoms with Gasteiger partial charge >= 0.3 is 0 Å². The first-order chi connectivity index (χ1) is 10.8. The number of aromatic nitrogens is 2. The smallest absolute Gasteiger partial charge is 0.193 e. The highest BCUT2D eigenvalue weighted by Crippen LogP contribution is 2.43. The maximum Gasteiger partial charge on any atom is 0.193 e. The van der Waals surface area contributed by atoms with Crippen LogP contribution in [0.25, 0.3) is 0 Å². The molecule has 1 spiro atoms. The average Bonchev–Trinajstić information content (AvgIpc) is 3.18. The van der Waals surface area contributed by atoms with Crippen molar-refractivity contribution in [1.82, 2.24) is 20.0 Å². The minimum atomic E-state index is 0. The lowest BCUT2D eigenvalue weighted by Gasteiger charge is -2.33. The molecule has 0 bridgehead atoms. The summed E-state index contributed by atoms with van der Waals surface area (Å²) in [5, 5.41) is 7.71. The molecule has 0 atom stereocenters. The van der Waals surface area contributed by atoms with Gasteiger partial charge in [-0.2, -0.15) is 5.10 Å². The first kappa shape index (κ1) is 18.5. The molecule has 6 heteroatoms. The largest absolute Gasteiger partial charge is 0.357 e. The number of nitrogens with one attached hydrogen (secondary N) is 1. The van der Waals surface area contributed by atoms with Crippen LogP contribution in [0, 0.1) is 5.41 Å². The zero-order valence-corrected chi connectivity index (χ0v) is 16.5. The third-order valence-corrected chi connectivity index (χ3v) is 5.14. The molecule has 1 aliphatic heterocycles. The molecule has 2 aliphatic rings. The van der Waals surface area contributed by atoms with Crippen molar-refractivity contribution >= 4 is 29.9 Å². The molecule has 1 aliphatic carbocycles. The quantitative estimate of drug-likeness (QED) is 0.453. The van der Waals surface area contributed by atoms with Crippen molar-refractivity contribution in [3.8, 4) is 0 Å². The number of rotatable bonds is 4. The van der Waals surface area contributed by atoms with Gasteiger partial charge in [0, 0.05) is 32.0 Å². The number of hydrogen-bond acceptors (Lipinski definition) is 2. The monoisotopic (exact) mass is 431 g/mol. The standard InChI is InChI=1S/C17H29N5.HI/c1-2-18-16(19-11-14-22-12-6-10-20-22)21-13-9-17(15-21)7-4-3-5-8-17;/h6,10,12H,2-5,7-9,11,13-15H2,1H3,(H,18,19);1H. The van der Waals surface area contributed by atoms with Crippen molar-refractivity contribution in [3.63, 3.8) is 0 Å². The van der Waals surface area contributed by atoms with Crippen LogP contribution in [0.4, 0.5) is 0 Å². The summed E-state index contributed by atoms with van der Waals surface area (Å²) in [5.41, 5.74) is 0.580. The molecular formula is C17H30IN5. The van der Waals surface area contributed by atoms with Gasteiger partial charge in [-0.05, 0) is 37.7 Å². The Morgan fingerprint density at radius 3 is 2.78 bits per heavy atom. The SMILES string of the molecule is CCNC(=NCCn1cccn1)N1CCC2(CCCCC2)C1.I. The summed E-state index contributed by atoms with van der Waals surface area (Å²) in [7, 11) is 0. The summed E-state index contributed by atoms with van der Waals surface area (Å²) in [6, 6.07) is 1.96. The van der Waals surface area contributed by atoms with E-state index in [0.29, 0.717) is 5.41 Å². The second kappa shape index (κ2) is 8.89. The summed E-state index contributed by atoms with van der Waals surface area (Å²) < 4.78 is 1.94. The van der Waals surface area contributed by atoms with Gasteiger partial charge in [0.05, 0.1) is 13.1 Å². The van der Waals surface area contributed by atoms with Crippen LogP contribution in [-0.2, 0) is 6.54 Å². The summed E-state index contributed by atoms with van der Waals surface area (Å²) >= 11 is 0. The Morgan fingerprint density at radius 1 is 1.26 bits per heavy atom. The van der Waals surface area contributed by atoms with Crippen LogP contribution in [0.3, 0.4) is 0 Å². The number of aliphatic imine (C=N–C) groups is 1. The normalized spacial score (nSPS) is 20.6. The van der Waals surface area contributed by atoms with Gasteiger partial charge in [0.2, 0.25) is 0 Å². The van der Waals surface area contributed by atoms with Crippen LogP contribution in [-0.4, -0.2) is 46.8 Å². The zero-order valence-electron chi connectivity index (χ0n) is 14.2. The summed E-state index contributed by atoms with van der Waals surface area (Å²) in [4.78, 5) is 7.30. The minimum absolute atomic E-state index is 0. The number of nitrogens with zero attached hydrogens (tertiary/aromatic N) is 4. The molecule has 0 unspecified atom stereocenters. The number of hydrogen-bond donors (Lipinski definition) is 1. The van der Waals surface area contributed by atoms with Gasteiger partial charge in [-0.15, -0.1) is 24.0 Å². The Labute approximate surface area is 156 Å². The minimum Gasteiger partial charge on any atom is -0.357 e. The first-order valence-corrected chi connectivity index (χ1v) is 8.82. The molecule has 0 aromatic carbocycles. The van der Waals surface area contributed by atoms with Gasteiger partial charge in [0.1, 0.15) is 0 Å². The second-order valence-electron chi connectivity index (χ2n) is 6.74. The summed E-state index contributed by atoms with van der Waals surface area (Å²) in [6.07, 6.45) is 12.3. The maximum absolute atomic E-state index is 4.82. The van der Waals surface area contributed by atoms with Crippen molar-refractivity contribution < 1.29 is 0 Å². The van der Waals surface area contributed by atoms with Crippen molar-refractivity contribution in [1.29, 1.82) is 0 Å². The van der Waals surface area contributed by atoms with Crippen molar-refractivity contribution in [2.45, 2.75) is 52.0 Å². The molecule has 1 aromatic heterocycles. The van der Waals surface area contributed by atoms with E-state index in [2.05, 4.69) is 22.2 Å². The number of likely N-dealkylation sites (tertiary alicyclic amines) is 1. The van der Waals surface area contributed by atoms with E-state index in [-0.39, 0.29) is 24.0 Å². The van der Waals surface area contributed by atoms with E-state index in [1.54, 1.807) is 0 Å². The zero-order chi connectivity index (χ0) is 15.3. The molecule has 23 heavy (non-hydrogen) atoms. The van der Waals surface area contributed by atoms with Gasteiger partial charge in [0.25, 0.3) is 0 Å². The Kier molecular flexibility index (Phi) is 7.17. The van der Waals surface area contributed by atoms with E-state index in [1.165, 1.54) is 45.1 Å². The highest BCUT2D eigenvalue weighted by Gasteiger charge is 2.39. The molecule has 1 aromatic rings. The fraction of sp³-hybridized carbons (Fsp3) is 0.765. The highest BCUT2D eigenvalue weighted by atomic mass is 127. The Balaban J connectivity index is 0.00000192. The van der Waals surface area contributed by atoms with E-state index in [4.69, 9.17) is 4.99 Å². The molecule has 1 saturated heterocycles. The van der Waals surface area contributed by atoms with E-state index in [1.807, 2.05) is 23.1 Å². The lowest BCUT2D eigenvalue weighted by atomic mass is 9.73. The van der Waals surface area contributed by atoms with E-state index in [9.17, 15) is 0 Å². The van der Waals surface area contributed by atoms with Gasteiger partial charge in [0.15, 0.2) is 5.96 Å². The van der Waals surface area contributed by atoms with Crippen LogP contribution in [0.1, 0.15) is 45.4 Å². The molecule has 1 N–H and O–H groups in total. The summed E-state index contributed by atoms with van der Waals surface area (Å²) in [5.74, 6) is 1.09. The average molecular weight is 431 g/mol. The number of guanidine groups is 1. The van der Waals surface area contributed by atoms with Crippen molar-refractivity contribution in [3.05, 3.63) is 18.5 Å². The Morgan fingerprint density at radius 2 is 2.09 bits per heavy atom. The molecule has 3 rings (SSSR count). The molecule has 1 saturated carbocycles. The van der Waals surface area contributed by atoms with E-state index in [0.717, 1.165) is 32.1 Å².